The Labute approximate surface area is 106 Å². The van der Waals surface area contributed by atoms with Gasteiger partial charge in [-0.05, 0) is 24.1 Å². The fourth-order valence-electron chi connectivity index (χ4n) is 1.52. The third-order valence-corrected chi connectivity index (χ3v) is 3.29. The molecule has 0 atom stereocenters. The predicted molar refractivity (Wildman–Crippen MR) is 72.3 cm³/mol. The van der Waals surface area contributed by atoms with Gasteiger partial charge in [0, 0.05) is 29.6 Å². The first-order valence-corrected chi connectivity index (χ1v) is 6.74. The van der Waals surface area contributed by atoms with Crippen molar-refractivity contribution in [3.8, 4) is 0 Å². The van der Waals surface area contributed by atoms with Gasteiger partial charge in [-0.25, -0.2) is 0 Å². The van der Waals surface area contributed by atoms with Gasteiger partial charge in [0.15, 0.2) is 0 Å². The van der Waals surface area contributed by atoms with E-state index in [2.05, 4.69) is 40.9 Å². The van der Waals surface area contributed by atoms with Crippen LogP contribution in [0.2, 0.25) is 5.02 Å². The van der Waals surface area contributed by atoms with E-state index < -0.39 is 0 Å². The highest BCUT2D eigenvalue weighted by Crippen LogP contribution is 2.26. The lowest BCUT2D eigenvalue weighted by Crippen LogP contribution is -2.19. The van der Waals surface area contributed by atoms with Crippen LogP contribution in [-0.2, 0) is 5.33 Å². The van der Waals surface area contributed by atoms with Crippen LogP contribution in [0.15, 0.2) is 18.2 Å². The predicted octanol–water partition coefficient (Wildman–Crippen LogP) is 4.47. The highest BCUT2D eigenvalue weighted by Gasteiger charge is 2.06. The van der Waals surface area contributed by atoms with E-state index in [9.17, 15) is 0 Å². The van der Waals surface area contributed by atoms with E-state index in [0.29, 0.717) is 0 Å². The molecule has 0 aromatic heterocycles. The van der Waals surface area contributed by atoms with Gasteiger partial charge >= 0.3 is 0 Å². The molecule has 0 saturated carbocycles. The van der Waals surface area contributed by atoms with E-state index in [0.717, 1.165) is 16.9 Å². The average Bonchev–Trinajstić information content (AvgIpc) is 2.25. The molecular formula is C12H17BrClN. The second-order valence-corrected chi connectivity index (χ2v) is 4.68. The van der Waals surface area contributed by atoms with Gasteiger partial charge in [0.05, 0.1) is 0 Å². The number of nitrogens with zero attached hydrogens (tertiary/aromatic N) is 1. The summed E-state index contributed by atoms with van der Waals surface area (Å²) < 4.78 is 0. The van der Waals surface area contributed by atoms with Gasteiger partial charge in [-0.2, -0.15) is 0 Å². The Morgan fingerprint density at radius 2 is 2.13 bits per heavy atom. The van der Waals surface area contributed by atoms with Crippen LogP contribution in [0.3, 0.4) is 0 Å². The molecule has 0 radical (unpaired) electrons. The molecule has 0 aliphatic carbocycles. The van der Waals surface area contributed by atoms with E-state index >= 15 is 0 Å². The van der Waals surface area contributed by atoms with Crippen molar-refractivity contribution >= 4 is 33.2 Å². The summed E-state index contributed by atoms with van der Waals surface area (Å²) in [5, 5.41) is 1.67. The lowest BCUT2D eigenvalue weighted by molar-refractivity contribution is 0.765. The van der Waals surface area contributed by atoms with Gasteiger partial charge in [-0.15, -0.1) is 0 Å². The fraction of sp³-hybridized carbons (Fsp3) is 0.500. The Morgan fingerprint density at radius 1 is 1.40 bits per heavy atom. The third kappa shape index (κ3) is 3.69. The lowest BCUT2D eigenvalue weighted by atomic mass is 10.2. The van der Waals surface area contributed by atoms with Crippen molar-refractivity contribution in [2.45, 2.75) is 25.1 Å². The van der Waals surface area contributed by atoms with Crippen molar-refractivity contribution in [2.24, 2.45) is 0 Å². The molecule has 0 unspecified atom stereocenters. The first-order valence-electron chi connectivity index (χ1n) is 5.24. The molecule has 0 aliphatic heterocycles. The maximum Gasteiger partial charge on any atom is 0.0426 e. The minimum atomic E-state index is 0.804. The summed E-state index contributed by atoms with van der Waals surface area (Å²) in [5.41, 5.74) is 2.52. The van der Waals surface area contributed by atoms with Crippen molar-refractivity contribution in [1.29, 1.82) is 0 Å². The monoisotopic (exact) mass is 289 g/mol. The first kappa shape index (κ1) is 12.9. The second kappa shape index (κ2) is 6.39. The summed E-state index contributed by atoms with van der Waals surface area (Å²) in [7, 11) is 2.12. The van der Waals surface area contributed by atoms with Crippen LogP contribution in [0.25, 0.3) is 0 Å². The van der Waals surface area contributed by atoms with Gasteiger partial charge in [-0.3, -0.25) is 0 Å². The minimum Gasteiger partial charge on any atom is -0.374 e. The van der Waals surface area contributed by atoms with E-state index in [4.69, 9.17) is 11.6 Å². The largest absolute Gasteiger partial charge is 0.374 e. The summed E-state index contributed by atoms with van der Waals surface area (Å²) in [4.78, 5) is 2.27. The summed E-state index contributed by atoms with van der Waals surface area (Å²) in [6.45, 7) is 3.29. The number of hydrogen-bond acceptors (Lipinski definition) is 1. The standard InChI is InChI=1S/C12H17BrClN/c1-3-4-7-15(2)12-8-11(14)6-5-10(12)9-13/h5-6,8H,3-4,7,9H2,1-2H3. The summed E-state index contributed by atoms with van der Waals surface area (Å²) in [5.74, 6) is 0. The van der Waals surface area contributed by atoms with Gasteiger partial charge < -0.3 is 4.90 Å². The van der Waals surface area contributed by atoms with Gasteiger partial charge in [0.25, 0.3) is 0 Å². The Balaban J connectivity index is 2.85. The number of hydrogen-bond donors (Lipinski definition) is 0. The average molecular weight is 291 g/mol. The van der Waals surface area contributed by atoms with Crippen LogP contribution in [0.1, 0.15) is 25.3 Å². The van der Waals surface area contributed by atoms with Crippen molar-refractivity contribution in [1.82, 2.24) is 0 Å². The maximum atomic E-state index is 6.01. The number of alkyl halides is 1. The zero-order chi connectivity index (χ0) is 11.3. The molecule has 0 saturated heterocycles. The molecule has 0 spiro atoms. The number of anilines is 1. The molecule has 0 N–H and O–H groups in total. The van der Waals surface area contributed by atoms with Crippen LogP contribution >= 0.6 is 27.5 Å². The van der Waals surface area contributed by atoms with Gasteiger partial charge in [0.2, 0.25) is 0 Å². The molecule has 84 valence electrons. The topological polar surface area (TPSA) is 3.24 Å². The fourth-order valence-corrected chi connectivity index (χ4v) is 2.16. The molecule has 3 heteroatoms. The molecule has 0 bridgehead atoms. The van der Waals surface area contributed by atoms with Crippen molar-refractivity contribution in [2.75, 3.05) is 18.5 Å². The molecule has 1 rings (SSSR count). The molecule has 1 nitrogen and oxygen atoms in total. The second-order valence-electron chi connectivity index (χ2n) is 3.68. The van der Waals surface area contributed by atoms with Crippen LogP contribution in [0.4, 0.5) is 5.69 Å². The highest BCUT2D eigenvalue weighted by atomic mass is 79.9. The number of rotatable bonds is 5. The number of unbranched alkanes of at least 4 members (excludes halogenated alkanes) is 1. The number of benzene rings is 1. The third-order valence-electron chi connectivity index (χ3n) is 2.45. The Hall–Kier alpha value is -0.210. The van der Waals surface area contributed by atoms with Gasteiger partial charge in [-0.1, -0.05) is 46.9 Å². The maximum absolute atomic E-state index is 6.01. The molecule has 0 amide bonds. The Kier molecular flexibility index (Phi) is 5.48. The van der Waals surface area contributed by atoms with E-state index in [1.54, 1.807) is 0 Å². The van der Waals surface area contributed by atoms with Crippen molar-refractivity contribution in [3.05, 3.63) is 28.8 Å². The van der Waals surface area contributed by atoms with Crippen molar-refractivity contribution < 1.29 is 0 Å². The van der Waals surface area contributed by atoms with Gasteiger partial charge in [0.1, 0.15) is 0 Å². The zero-order valence-corrected chi connectivity index (χ0v) is 11.6. The first-order chi connectivity index (χ1) is 7.19. The van der Waals surface area contributed by atoms with Crippen molar-refractivity contribution in [3.63, 3.8) is 0 Å². The minimum absolute atomic E-state index is 0.804. The molecule has 0 heterocycles. The quantitative estimate of drug-likeness (QED) is 0.723. The Morgan fingerprint density at radius 3 is 2.73 bits per heavy atom. The summed E-state index contributed by atoms with van der Waals surface area (Å²) in [6.07, 6.45) is 2.43. The summed E-state index contributed by atoms with van der Waals surface area (Å²) >= 11 is 9.51. The lowest BCUT2D eigenvalue weighted by Gasteiger charge is -2.22. The van der Waals surface area contributed by atoms with E-state index in [1.165, 1.54) is 24.1 Å². The smallest absolute Gasteiger partial charge is 0.0426 e. The Bertz CT molecular complexity index is 314. The molecular weight excluding hydrogens is 273 g/mol. The van der Waals surface area contributed by atoms with Crippen LogP contribution < -0.4 is 4.90 Å². The van der Waals surface area contributed by atoms with Crippen LogP contribution in [-0.4, -0.2) is 13.6 Å². The normalized spacial score (nSPS) is 10.4. The highest BCUT2D eigenvalue weighted by molar-refractivity contribution is 9.08. The zero-order valence-electron chi connectivity index (χ0n) is 9.26. The molecule has 0 aliphatic rings. The van der Waals surface area contributed by atoms with E-state index in [-0.39, 0.29) is 0 Å². The van der Waals surface area contributed by atoms with E-state index in [1.807, 2.05) is 12.1 Å². The molecule has 0 fully saturated rings. The molecule has 1 aromatic carbocycles. The molecule has 1 aromatic rings. The van der Waals surface area contributed by atoms with Crippen LogP contribution in [0.5, 0.6) is 0 Å². The molecule has 15 heavy (non-hydrogen) atoms. The van der Waals surface area contributed by atoms with Crippen LogP contribution in [0, 0.1) is 0 Å². The SMILES string of the molecule is CCCCN(C)c1cc(Cl)ccc1CBr. The summed E-state index contributed by atoms with van der Waals surface area (Å²) in [6, 6.07) is 6.05. The number of halogens is 2.